The van der Waals surface area contributed by atoms with Crippen LogP contribution in [-0.4, -0.2) is 0 Å². The van der Waals surface area contributed by atoms with Crippen LogP contribution >= 0.6 is 0 Å². The summed E-state index contributed by atoms with van der Waals surface area (Å²) in [6, 6.07) is 13.5. The van der Waals surface area contributed by atoms with E-state index in [2.05, 4.69) is 37.3 Å². The average Bonchev–Trinajstić information content (AvgIpc) is 2.93. The Labute approximate surface area is 134 Å². The molecule has 0 aliphatic heterocycles. The monoisotopic (exact) mass is 303 g/mol. The lowest BCUT2D eigenvalue weighted by Gasteiger charge is -2.05. The maximum Gasteiger partial charge on any atom is 0.196 e. The van der Waals surface area contributed by atoms with Crippen LogP contribution in [0.25, 0.3) is 22.6 Å². The minimum absolute atomic E-state index is 0.0635. The van der Waals surface area contributed by atoms with Gasteiger partial charge in [0.15, 0.2) is 5.43 Å². The zero-order valence-corrected chi connectivity index (χ0v) is 12.9. The van der Waals surface area contributed by atoms with E-state index in [4.69, 9.17) is 10.2 Å². The molecule has 0 atom stereocenters. The number of anilines is 1. The summed E-state index contributed by atoms with van der Waals surface area (Å²) >= 11 is 0. The first-order valence-corrected chi connectivity index (χ1v) is 7.74. The molecule has 1 aliphatic carbocycles. The van der Waals surface area contributed by atoms with Crippen molar-refractivity contribution >= 4 is 28.3 Å². The van der Waals surface area contributed by atoms with Gasteiger partial charge >= 0.3 is 0 Å². The number of rotatable bonds is 1. The zero-order chi connectivity index (χ0) is 16.0. The van der Waals surface area contributed by atoms with E-state index in [1.807, 2.05) is 0 Å². The number of nitrogens with two attached hydrogens (primary N) is 1. The Bertz CT molecular complexity index is 995. The van der Waals surface area contributed by atoms with Gasteiger partial charge in [0.2, 0.25) is 0 Å². The van der Waals surface area contributed by atoms with Gasteiger partial charge in [-0.05, 0) is 49.1 Å². The van der Waals surface area contributed by atoms with Gasteiger partial charge in [-0.25, -0.2) is 0 Å². The van der Waals surface area contributed by atoms with Crippen LogP contribution in [0.2, 0.25) is 0 Å². The summed E-state index contributed by atoms with van der Waals surface area (Å²) in [4.78, 5) is 12.6. The van der Waals surface area contributed by atoms with Crippen molar-refractivity contribution in [2.24, 2.45) is 0 Å². The van der Waals surface area contributed by atoms with Crippen LogP contribution in [0.4, 0.5) is 5.69 Å². The topological polar surface area (TPSA) is 56.2 Å². The Hall–Kier alpha value is -2.81. The minimum atomic E-state index is 0.0635. The molecule has 2 N–H and O–H groups in total. The lowest BCUT2D eigenvalue weighted by atomic mass is 10.1. The first-order chi connectivity index (χ1) is 11.1. The van der Waals surface area contributed by atoms with Crippen LogP contribution in [0, 0.1) is 6.92 Å². The highest BCUT2D eigenvalue weighted by atomic mass is 16.3. The van der Waals surface area contributed by atoms with Crippen molar-refractivity contribution in [3.63, 3.8) is 0 Å². The molecule has 0 saturated heterocycles. The van der Waals surface area contributed by atoms with Gasteiger partial charge in [-0.3, -0.25) is 4.79 Å². The van der Waals surface area contributed by atoms with E-state index in [-0.39, 0.29) is 5.43 Å². The molecule has 23 heavy (non-hydrogen) atoms. The molecule has 3 heteroatoms. The molecule has 1 aromatic heterocycles. The fourth-order valence-electron chi connectivity index (χ4n) is 3.11. The van der Waals surface area contributed by atoms with E-state index >= 15 is 0 Å². The summed E-state index contributed by atoms with van der Waals surface area (Å²) < 4.78 is 6.03. The van der Waals surface area contributed by atoms with Crippen LogP contribution in [0.1, 0.15) is 28.9 Å². The van der Waals surface area contributed by atoms with Gasteiger partial charge in [0.25, 0.3) is 0 Å². The SMILES string of the molecule is Cc1ccc(/C=C2\CCc3c2oc2cc(N)ccc2c3=O)cc1. The minimum Gasteiger partial charge on any atom is -0.456 e. The van der Waals surface area contributed by atoms with Crippen molar-refractivity contribution in [2.75, 3.05) is 5.73 Å². The number of nitrogen functional groups attached to an aromatic ring is 1. The second-order valence-electron chi connectivity index (χ2n) is 6.07. The highest BCUT2D eigenvalue weighted by Crippen LogP contribution is 2.34. The van der Waals surface area contributed by atoms with Gasteiger partial charge in [-0.15, -0.1) is 0 Å². The van der Waals surface area contributed by atoms with Crippen molar-refractivity contribution in [3.8, 4) is 0 Å². The summed E-state index contributed by atoms with van der Waals surface area (Å²) in [5.74, 6) is 0.716. The molecular weight excluding hydrogens is 286 g/mol. The maximum atomic E-state index is 12.6. The van der Waals surface area contributed by atoms with Gasteiger partial charge in [-0.1, -0.05) is 29.8 Å². The molecule has 1 heterocycles. The number of benzene rings is 2. The first kappa shape index (κ1) is 13.8. The van der Waals surface area contributed by atoms with Gasteiger partial charge in [-0.2, -0.15) is 0 Å². The molecule has 3 aromatic rings. The standard InChI is InChI=1S/C20H17NO2/c1-12-2-4-13(5-3-12)10-14-6-8-17-19(22)16-9-7-15(21)11-18(16)23-20(14)17/h2-5,7,9-11H,6,8,21H2,1H3/b14-10+. The highest BCUT2D eigenvalue weighted by molar-refractivity contribution is 5.87. The number of aryl methyl sites for hydroxylation is 1. The van der Waals surface area contributed by atoms with Crippen molar-refractivity contribution < 1.29 is 4.42 Å². The Morgan fingerprint density at radius 2 is 1.87 bits per heavy atom. The van der Waals surface area contributed by atoms with Crippen molar-refractivity contribution in [2.45, 2.75) is 19.8 Å². The predicted molar refractivity (Wildman–Crippen MR) is 94.3 cm³/mol. The second-order valence-corrected chi connectivity index (χ2v) is 6.07. The third-order valence-electron chi connectivity index (χ3n) is 4.36. The molecule has 4 rings (SSSR count). The van der Waals surface area contributed by atoms with Gasteiger partial charge in [0.05, 0.1) is 5.39 Å². The lowest BCUT2D eigenvalue weighted by molar-refractivity contribution is 0.585. The maximum absolute atomic E-state index is 12.6. The normalized spacial score (nSPS) is 15.3. The molecule has 114 valence electrons. The molecule has 2 aromatic carbocycles. The average molecular weight is 303 g/mol. The molecule has 0 radical (unpaired) electrons. The third-order valence-corrected chi connectivity index (χ3v) is 4.36. The number of allylic oxidation sites excluding steroid dienone is 1. The van der Waals surface area contributed by atoms with Gasteiger partial charge in [0, 0.05) is 17.3 Å². The van der Waals surface area contributed by atoms with Gasteiger partial charge in [0.1, 0.15) is 11.3 Å². The van der Waals surface area contributed by atoms with Crippen molar-refractivity contribution in [3.05, 3.63) is 75.1 Å². The number of fused-ring (bicyclic) bond motifs is 2. The molecular formula is C20H17NO2. The predicted octanol–water partition coefficient (Wildman–Crippen LogP) is 4.17. The highest BCUT2D eigenvalue weighted by Gasteiger charge is 2.23. The van der Waals surface area contributed by atoms with Crippen molar-refractivity contribution in [1.82, 2.24) is 0 Å². The Morgan fingerprint density at radius 1 is 1.09 bits per heavy atom. The summed E-state index contributed by atoms with van der Waals surface area (Å²) in [5.41, 5.74) is 11.2. The number of hydrogen-bond donors (Lipinski definition) is 1. The summed E-state index contributed by atoms with van der Waals surface area (Å²) in [6.45, 7) is 2.07. The molecule has 1 aliphatic rings. The molecule has 0 spiro atoms. The fraction of sp³-hybridized carbons (Fsp3) is 0.150. The molecule has 0 fully saturated rings. The smallest absolute Gasteiger partial charge is 0.196 e. The molecule has 0 amide bonds. The van der Waals surface area contributed by atoms with Crippen LogP contribution in [0.3, 0.4) is 0 Å². The Morgan fingerprint density at radius 3 is 2.65 bits per heavy atom. The van der Waals surface area contributed by atoms with Crippen LogP contribution in [0.15, 0.2) is 51.7 Å². The largest absolute Gasteiger partial charge is 0.456 e. The molecule has 3 nitrogen and oxygen atoms in total. The lowest BCUT2D eigenvalue weighted by Crippen LogP contribution is -2.08. The molecule has 0 unspecified atom stereocenters. The van der Waals surface area contributed by atoms with E-state index in [9.17, 15) is 4.79 Å². The quantitative estimate of drug-likeness (QED) is 0.686. The van der Waals surface area contributed by atoms with Crippen LogP contribution in [0.5, 0.6) is 0 Å². The molecule has 0 bridgehead atoms. The van der Waals surface area contributed by atoms with E-state index in [0.717, 1.165) is 29.5 Å². The summed E-state index contributed by atoms with van der Waals surface area (Å²) in [5, 5.41) is 0.606. The summed E-state index contributed by atoms with van der Waals surface area (Å²) in [7, 11) is 0. The zero-order valence-electron chi connectivity index (χ0n) is 12.9. The Balaban J connectivity index is 1.89. The number of hydrogen-bond acceptors (Lipinski definition) is 3. The molecule has 0 saturated carbocycles. The fourth-order valence-corrected chi connectivity index (χ4v) is 3.11. The van der Waals surface area contributed by atoms with Crippen molar-refractivity contribution in [1.29, 1.82) is 0 Å². The van der Waals surface area contributed by atoms with E-state index < -0.39 is 0 Å². The second kappa shape index (κ2) is 5.13. The first-order valence-electron chi connectivity index (χ1n) is 7.74. The van der Waals surface area contributed by atoms with Crippen LogP contribution in [-0.2, 0) is 6.42 Å². The van der Waals surface area contributed by atoms with E-state index in [1.54, 1.807) is 18.2 Å². The van der Waals surface area contributed by atoms with E-state index in [1.165, 1.54) is 5.56 Å². The Kier molecular flexibility index (Phi) is 3.08. The van der Waals surface area contributed by atoms with E-state index in [0.29, 0.717) is 22.4 Å². The third kappa shape index (κ3) is 2.34. The van der Waals surface area contributed by atoms with Gasteiger partial charge < -0.3 is 10.2 Å². The summed E-state index contributed by atoms with van der Waals surface area (Å²) in [6.07, 6.45) is 3.66. The van der Waals surface area contributed by atoms with Crippen LogP contribution < -0.4 is 11.2 Å².